The van der Waals surface area contributed by atoms with E-state index in [-0.39, 0.29) is 5.63 Å². The maximum absolute atomic E-state index is 11.2. The summed E-state index contributed by atoms with van der Waals surface area (Å²) in [6.07, 6.45) is 6.95. The van der Waals surface area contributed by atoms with E-state index >= 15 is 0 Å². The summed E-state index contributed by atoms with van der Waals surface area (Å²) in [5.41, 5.74) is 2.91. The Morgan fingerprint density at radius 1 is 1.36 bits per heavy atom. The minimum absolute atomic E-state index is 0.277. The Morgan fingerprint density at radius 3 is 2.93 bits per heavy atom. The van der Waals surface area contributed by atoms with Gasteiger partial charge in [0.1, 0.15) is 5.76 Å². The van der Waals surface area contributed by atoms with Crippen LogP contribution in [-0.4, -0.2) is 0 Å². The largest absolute Gasteiger partial charge is 0.423 e. The first kappa shape index (κ1) is 9.00. The molecule has 1 aromatic heterocycles. The molecule has 1 heterocycles. The SMILES string of the molecule is CC1=Cc2oc(=O)cc(C)c2C=CC1. The molecule has 0 aliphatic heterocycles. The highest BCUT2D eigenvalue weighted by Crippen LogP contribution is 2.21. The van der Waals surface area contributed by atoms with E-state index in [1.165, 1.54) is 11.6 Å². The standard InChI is InChI=1S/C12H12O2/c1-8-4-3-5-10-9(2)7-12(13)14-11(10)6-8/h3,5-7H,4H2,1-2H3. The lowest BCUT2D eigenvalue weighted by molar-refractivity contribution is 0.498. The highest BCUT2D eigenvalue weighted by atomic mass is 16.4. The number of hydrogen-bond donors (Lipinski definition) is 0. The predicted molar refractivity (Wildman–Crippen MR) is 57.0 cm³/mol. The number of rotatable bonds is 0. The Morgan fingerprint density at radius 2 is 2.14 bits per heavy atom. The zero-order valence-corrected chi connectivity index (χ0v) is 8.33. The summed E-state index contributed by atoms with van der Waals surface area (Å²) in [6, 6.07) is 1.53. The van der Waals surface area contributed by atoms with Crippen molar-refractivity contribution in [1.29, 1.82) is 0 Å². The molecule has 2 nitrogen and oxygen atoms in total. The molecule has 0 unspecified atom stereocenters. The fourth-order valence-corrected chi connectivity index (χ4v) is 1.61. The first-order valence-electron chi connectivity index (χ1n) is 4.65. The third kappa shape index (κ3) is 1.55. The molecule has 0 saturated carbocycles. The van der Waals surface area contributed by atoms with Crippen molar-refractivity contribution in [1.82, 2.24) is 0 Å². The normalized spacial score (nSPS) is 14.6. The zero-order chi connectivity index (χ0) is 10.1. The van der Waals surface area contributed by atoms with Crippen molar-refractivity contribution >= 4 is 12.2 Å². The lowest BCUT2D eigenvalue weighted by atomic mass is 10.1. The van der Waals surface area contributed by atoms with Crippen molar-refractivity contribution in [3.05, 3.63) is 45.0 Å². The van der Waals surface area contributed by atoms with Gasteiger partial charge in [0.25, 0.3) is 0 Å². The topological polar surface area (TPSA) is 30.2 Å². The molecule has 2 rings (SSSR count). The Bertz CT molecular complexity index is 476. The Balaban J connectivity index is 2.74. The molecule has 72 valence electrons. The van der Waals surface area contributed by atoms with Gasteiger partial charge < -0.3 is 4.42 Å². The van der Waals surface area contributed by atoms with E-state index in [2.05, 4.69) is 6.08 Å². The van der Waals surface area contributed by atoms with Crippen LogP contribution in [0.25, 0.3) is 12.2 Å². The van der Waals surface area contributed by atoms with Crippen LogP contribution in [0.3, 0.4) is 0 Å². The van der Waals surface area contributed by atoms with Crippen LogP contribution in [0.2, 0.25) is 0 Å². The molecule has 0 atom stereocenters. The Hall–Kier alpha value is -1.57. The van der Waals surface area contributed by atoms with Gasteiger partial charge >= 0.3 is 5.63 Å². The third-order valence-corrected chi connectivity index (χ3v) is 2.34. The van der Waals surface area contributed by atoms with E-state index in [1.807, 2.05) is 26.0 Å². The van der Waals surface area contributed by atoms with Gasteiger partial charge in [-0.3, -0.25) is 0 Å². The molecule has 14 heavy (non-hydrogen) atoms. The molecule has 2 heteroatoms. The molecule has 1 aromatic rings. The van der Waals surface area contributed by atoms with Gasteiger partial charge in [0.15, 0.2) is 0 Å². The van der Waals surface area contributed by atoms with Gasteiger partial charge in [-0.1, -0.05) is 17.7 Å². The summed E-state index contributed by atoms with van der Waals surface area (Å²) in [7, 11) is 0. The molecule has 0 N–H and O–H groups in total. The van der Waals surface area contributed by atoms with E-state index in [4.69, 9.17) is 4.42 Å². The van der Waals surface area contributed by atoms with E-state index in [0.29, 0.717) is 5.76 Å². The van der Waals surface area contributed by atoms with Crippen molar-refractivity contribution in [3.8, 4) is 0 Å². The average Bonchev–Trinajstić information content (AvgIpc) is 2.25. The van der Waals surface area contributed by atoms with Crippen LogP contribution in [0.15, 0.2) is 26.9 Å². The lowest BCUT2D eigenvalue weighted by Gasteiger charge is -2.01. The Kier molecular flexibility index (Phi) is 2.12. The van der Waals surface area contributed by atoms with Gasteiger partial charge in [-0.2, -0.15) is 0 Å². The first-order chi connectivity index (χ1) is 6.66. The number of fused-ring (bicyclic) bond motifs is 1. The maximum atomic E-state index is 11.2. The number of aryl methyl sites for hydroxylation is 1. The van der Waals surface area contributed by atoms with Gasteiger partial charge in [0.05, 0.1) is 0 Å². The second-order valence-corrected chi connectivity index (χ2v) is 3.62. The van der Waals surface area contributed by atoms with Gasteiger partial charge in [-0.25, -0.2) is 4.79 Å². The molecule has 1 aliphatic carbocycles. The fraction of sp³-hybridized carbons (Fsp3) is 0.250. The predicted octanol–water partition coefficient (Wildman–Crippen LogP) is 2.77. The molecule has 0 fully saturated rings. The molecule has 0 spiro atoms. The quantitative estimate of drug-likeness (QED) is 0.626. The molecule has 0 aromatic carbocycles. The van der Waals surface area contributed by atoms with Crippen molar-refractivity contribution in [2.45, 2.75) is 20.3 Å². The van der Waals surface area contributed by atoms with Crippen LogP contribution in [0, 0.1) is 6.92 Å². The van der Waals surface area contributed by atoms with E-state index in [9.17, 15) is 4.79 Å². The van der Waals surface area contributed by atoms with Crippen molar-refractivity contribution in [2.24, 2.45) is 0 Å². The third-order valence-electron chi connectivity index (χ3n) is 2.34. The lowest BCUT2D eigenvalue weighted by Crippen LogP contribution is -2.01. The van der Waals surface area contributed by atoms with Crippen molar-refractivity contribution in [3.63, 3.8) is 0 Å². The molecule has 0 radical (unpaired) electrons. The van der Waals surface area contributed by atoms with Crippen LogP contribution in [0.1, 0.15) is 30.2 Å². The first-order valence-corrected chi connectivity index (χ1v) is 4.65. The molecule has 0 amide bonds. The number of allylic oxidation sites excluding steroid dienone is 2. The van der Waals surface area contributed by atoms with Crippen LogP contribution in [0.5, 0.6) is 0 Å². The van der Waals surface area contributed by atoms with E-state index in [0.717, 1.165) is 17.5 Å². The zero-order valence-electron chi connectivity index (χ0n) is 8.33. The molecular formula is C12H12O2. The Labute approximate surface area is 82.6 Å². The highest BCUT2D eigenvalue weighted by molar-refractivity contribution is 5.67. The van der Waals surface area contributed by atoms with Crippen LogP contribution in [-0.2, 0) is 0 Å². The average molecular weight is 188 g/mol. The van der Waals surface area contributed by atoms with Crippen LogP contribution < -0.4 is 5.63 Å². The molecular weight excluding hydrogens is 176 g/mol. The minimum Gasteiger partial charge on any atom is -0.423 e. The summed E-state index contributed by atoms with van der Waals surface area (Å²) in [4.78, 5) is 11.2. The van der Waals surface area contributed by atoms with Gasteiger partial charge in [0, 0.05) is 11.6 Å². The molecule has 0 saturated heterocycles. The summed E-state index contributed by atoms with van der Waals surface area (Å²) < 4.78 is 5.15. The fourth-order valence-electron chi connectivity index (χ4n) is 1.61. The second kappa shape index (κ2) is 3.29. The monoisotopic (exact) mass is 188 g/mol. The second-order valence-electron chi connectivity index (χ2n) is 3.62. The van der Waals surface area contributed by atoms with E-state index in [1.54, 1.807) is 0 Å². The van der Waals surface area contributed by atoms with Crippen LogP contribution >= 0.6 is 0 Å². The highest BCUT2D eigenvalue weighted by Gasteiger charge is 2.07. The smallest absolute Gasteiger partial charge is 0.336 e. The summed E-state index contributed by atoms with van der Waals surface area (Å²) >= 11 is 0. The van der Waals surface area contributed by atoms with Crippen molar-refractivity contribution in [2.75, 3.05) is 0 Å². The summed E-state index contributed by atoms with van der Waals surface area (Å²) in [5, 5.41) is 0. The summed E-state index contributed by atoms with van der Waals surface area (Å²) in [5.74, 6) is 0.682. The molecule has 0 bridgehead atoms. The summed E-state index contributed by atoms with van der Waals surface area (Å²) in [6.45, 7) is 3.95. The van der Waals surface area contributed by atoms with Gasteiger partial charge in [-0.05, 0) is 31.9 Å². The van der Waals surface area contributed by atoms with Gasteiger partial charge in [0.2, 0.25) is 0 Å². The van der Waals surface area contributed by atoms with E-state index < -0.39 is 0 Å². The van der Waals surface area contributed by atoms with Crippen LogP contribution in [0.4, 0.5) is 0 Å². The van der Waals surface area contributed by atoms with Gasteiger partial charge in [-0.15, -0.1) is 0 Å². The maximum Gasteiger partial charge on any atom is 0.336 e. The number of hydrogen-bond acceptors (Lipinski definition) is 2. The molecule has 1 aliphatic rings. The van der Waals surface area contributed by atoms with Crippen molar-refractivity contribution < 1.29 is 4.42 Å². The minimum atomic E-state index is -0.277.